The second-order valence-electron chi connectivity index (χ2n) is 8.09. The van der Waals surface area contributed by atoms with Crippen molar-refractivity contribution in [1.82, 2.24) is 15.5 Å². The van der Waals surface area contributed by atoms with E-state index in [2.05, 4.69) is 20.5 Å². The molecular weight excluding hydrogens is 398 g/mol. The molecule has 0 aliphatic carbocycles. The summed E-state index contributed by atoms with van der Waals surface area (Å²) in [6.45, 7) is 7.39. The molecule has 2 aromatic rings. The Labute approximate surface area is 183 Å². The van der Waals surface area contributed by atoms with E-state index in [-0.39, 0.29) is 12.6 Å². The van der Waals surface area contributed by atoms with Crippen LogP contribution in [0.1, 0.15) is 42.6 Å². The summed E-state index contributed by atoms with van der Waals surface area (Å²) < 4.78 is 26.5. The van der Waals surface area contributed by atoms with Crippen molar-refractivity contribution in [2.75, 3.05) is 26.2 Å². The van der Waals surface area contributed by atoms with Crippen LogP contribution in [0.4, 0.5) is 8.78 Å². The summed E-state index contributed by atoms with van der Waals surface area (Å²) >= 11 is 0. The summed E-state index contributed by atoms with van der Waals surface area (Å²) in [6, 6.07) is 12.2. The first-order valence-electron chi connectivity index (χ1n) is 10.9. The first-order chi connectivity index (χ1) is 14.9. The van der Waals surface area contributed by atoms with Crippen molar-refractivity contribution in [2.45, 2.75) is 45.4 Å². The number of nitrogens with one attached hydrogen (secondary N) is 2. The fraction of sp³-hybridized carbons (Fsp3) is 0.458. The molecule has 0 aromatic heterocycles. The first kappa shape index (κ1) is 23.2. The van der Waals surface area contributed by atoms with Crippen molar-refractivity contribution in [3.05, 3.63) is 70.8 Å². The van der Waals surface area contributed by atoms with E-state index in [4.69, 9.17) is 0 Å². The maximum atomic E-state index is 13.4. The summed E-state index contributed by atoms with van der Waals surface area (Å²) in [4.78, 5) is 6.81. The van der Waals surface area contributed by atoms with Gasteiger partial charge < -0.3 is 15.7 Å². The van der Waals surface area contributed by atoms with Crippen LogP contribution < -0.4 is 10.6 Å². The molecule has 0 saturated carbocycles. The topological polar surface area (TPSA) is 59.9 Å². The maximum absolute atomic E-state index is 13.4. The van der Waals surface area contributed by atoms with E-state index >= 15 is 0 Å². The smallest absolute Gasteiger partial charge is 0.191 e. The van der Waals surface area contributed by atoms with Gasteiger partial charge in [0.1, 0.15) is 0 Å². The third-order valence-electron chi connectivity index (χ3n) is 5.55. The zero-order valence-electron chi connectivity index (χ0n) is 18.2. The van der Waals surface area contributed by atoms with Crippen molar-refractivity contribution in [1.29, 1.82) is 0 Å². The molecular formula is C24H32F2N4O. The largest absolute Gasteiger partial charge is 0.386 e. The Hall–Kier alpha value is -2.51. The number of aliphatic imine (C=N–C) groups is 1. The molecule has 2 aromatic carbocycles. The number of guanidine groups is 1. The molecule has 7 heteroatoms. The maximum Gasteiger partial charge on any atom is 0.191 e. The van der Waals surface area contributed by atoms with Gasteiger partial charge in [0, 0.05) is 32.2 Å². The fourth-order valence-electron chi connectivity index (χ4n) is 3.72. The zero-order valence-corrected chi connectivity index (χ0v) is 18.2. The van der Waals surface area contributed by atoms with Gasteiger partial charge >= 0.3 is 0 Å². The number of likely N-dealkylation sites (tertiary alicyclic amines) is 1. The van der Waals surface area contributed by atoms with Crippen molar-refractivity contribution >= 4 is 5.96 Å². The molecule has 0 spiro atoms. The lowest BCUT2D eigenvalue weighted by molar-refractivity contribution is 0.186. The molecule has 31 heavy (non-hydrogen) atoms. The third kappa shape index (κ3) is 7.01. The highest BCUT2D eigenvalue weighted by Gasteiger charge is 2.20. The van der Waals surface area contributed by atoms with Crippen LogP contribution in [0.3, 0.4) is 0 Å². The second kappa shape index (κ2) is 11.2. The Morgan fingerprint density at radius 3 is 2.48 bits per heavy atom. The van der Waals surface area contributed by atoms with Gasteiger partial charge in [0.15, 0.2) is 17.6 Å². The monoisotopic (exact) mass is 430 g/mol. The first-order valence-corrected chi connectivity index (χ1v) is 10.9. The lowest BCUT2D eigenvalue weighted by Gasteiger charge is -2.33. The molecule has 1 fully saturated rings. The Balaban J connectivity index is 1.49. The highest BCUT2D eigenvalue weighted by atomic mass is 19.2. The number of halogens is 2. The molecule has 0 radical (unpaired) electrons. The molecule has 1 unspecified atom stereocenters. The molecule has 3 rings (SSSR count). The summed E-state index contributed by atoms with van der Waals surface area (Å²) in [5, 5.41) is 17.1. The molecule has 5 nitrogen and oxygen atoms in total. The van der Waals surface area contributed by atoms with Crippen molar-refractivity contribution in [2.24, 2.45) is 4.99 Å². The Bertz CT molecular complexity index is 864. The van der Waals surface area contributed by atoms with E-state index in [1.165, 1.54) is 12.1 Å². The summed E-state index contributed by atoms with van der Waals surface area (Å²) in [5.74, 6) is -0.907. The van der Waals surface area contributed by atoms with Crippen molar-refractivity contribution in [3.63, 3.8) is 0 Å². The summed E-state index contributed by atoms with van der Waals surface area (Å²) in [5.41, 5.74) is 2.80. The van der Waals surface area contributed by atoms with Gasteiger partial charge in [-0.3, -0.25) is 9.89 Å². The van der Waals surface area contributed by atoms with Gasteiger partial charge in [0.05, 0.1) is 12.6 Å². The number of piperidine rings is 1. The predicted octanol–water partition coefficient (Wildman–Crippen LogP) is 3.53. The molecule has 168 valence electrons. The lowest BCUT2D eigenvalue weighted by atomic mass is 10.0. The molecule has 1 aliphatic heterocycles. The van der Waals surface area contributed by atoms with Crippen LogP contribution in [-0.2, 0) is 6.54 Å². The Morgan fingerprint density at radius 2 is 1.84 bits per heavy atom. The third-order valence-corrected chi connectivity index (χ3v) is 5.55. The van der Waals surface area contributed by atoms with E-state index < -0.39 is 17.7 Å². The van der Waals surface area contributed by atoms with Gasteiger partial charge in [-0.15, -0.1) is 0 Å². The van der Waals surface area contributed by atoms with Crippen molar-refractivity contribution < 1.29 is 13.9 Å². The van der Waals surface area contributed by atoms with Gasteiger partial charge in [-0.1, -0.05) is 35.9 Å². The predicted molar refractivity (Wildman–Crippen MR) is 120 cm³/mol. The number of hydrogen-bond donors (Lipinski definition) is 3. The number of aliphatic hydroxyl groups excluding tert-OH is 1. The normalized spacial score (nSPS) is 16.9. The van der Waals surface area contributed by atoms with E-state index in [1.54, 1.807) is 6.07 Å². The van der Waals surface area contributed by atoms with E-state index in [0.717, 1.165) is 49.2 Å². The Morgan fingerprint density at radius 1 is 1.13 bits per heavy atom. The summed E-state index contributed by atoms with van der Waals surface area (Å²) in [7, 11) is 0. The van der Waals surface area contributed by atoms with Gasteiger partial charge in [0.2, 0.25) is 0 Å². The number of aryl methyl sites for hydroxylation is 1. The molecule has 0 amide bonds. The molecule has 0 bridgehead atoms. The van der Waals surface area contributed by atoms with Gasteiger partial charge in [0.25, 0.3) is 0 Å². The molecule has 1 saturated heterocycles. The Kier molecular flexibility index (Phi) is 8.37. The van der Waals surface area contributed by atoms with Crippen LogP contribution in [0.15, 0.2) is 47.5 Å². The highest BCUT2D eigenvalue weighted by Crippen LogP contribution is 2.17. The number of aliphatic hydroxyl groups is 1. The van der Waals surface area contributed by atoms with Crippen LogP contribution in [0.5, 0.6) is 0 Å². The molecule has 1 heterocycles. The minimum Gasteiger partial charge on any atom is -0.386 e. The van der Waals surface area contributed by atoms with E-state index in [1.807, 2.05) is 38.1 Å². The van der Waals surface area contributed by atoms with Crippen molar-refractivity contribution in [3.8, 4) is 0 Å². The number of hydrogen-bond acceptors (Lipinski definition) is 3. The standard InChI is InChI=1S/C24H32F2N4O/c1-3-27-24(28-15-23(31)19-7-4-17(2)5-8-19)29-20-10-12-30(13-11-20)16-18-6-9-21(25)22(26)14-18/h4-9,14,20,23,31H,3,10-13,15-16H2,1-2H3,(H2,27,28,29). The molecule has 3 N–H and O–H groups in total. The second-order valence-corrected chi connectivity index (χ2v) is 8.09. The van der Waals surface area contributed by atoms with Crippen LogP contribution in [0, 0.1) is 18.6 Å². The van der Waals surface area contributed by atoms with E-state index in [9.17, 15) is 13.9 Å². The molecule has 1 atom stereocenters. The average Bonchev–Trinajstić information content (AvgIpc) is 2.76. The number of nitrogens with zero attached hydrogens (tertiary/aromatic N) is 2. The fourth-order valence-corrected chi connectivity index (χ4v) is 3.72. The average molecular weight is 431 g/mol. The van der Waals surface area contributed by atoms with Gasteiger partial charge in [-0.05, 0) is 49.9 Å². The lowest BCUT2D eigenvalue weighted by Crippen LogP contribution is -2.48. The molecule has 1 aliphatic rings. The SMILES string of the molecule is CCNC(=NCC(O)c1ccc(C)cc1)NC1CCN(Cc2ccc(F)c(F)c2)CC1. The minimum atomic E-state index is -0.811. The zero-order chi connectivity index (χ0) is 22.2. The van der Waals surface area contributed by atoms with Crippen LogP contribution in [-0.4, -0.2) is 48.2 Å². The van der Waals surface area contributed by atoms with Crippen LogP contribution >= 0.6 is 0 Å². The summed E-state index contributed by atoms with van der Waals surface area (Å²) in [6.07, 6.45) is 1.21. The van der Waals surface area contributed by atoms with Gasteiger partial charge in [-0.25, -0.2) is 8.78 Å². The number of benzene rings is 2. The van der Waals surface area contributed by atoms with Crippen LogP contribution in [0.2, 0.25) is 0 Å². The number of rotatable bonds is 7. The highest BCUT2D eigenvalue weighted by molar-refractivity contribution is 5.80. The quantitative estimate of drug-likeness (QED) is 0.465. The van der Waals surface area contributed by atoms with Gasteiger partial charge in [-0.2, -0.15) is 0 Å². The minimum absolute atomic E-state index is 0.274. The van der Waals surface area contributed by atoms with E-state index in [0.29, 0.717) is 12.5 Å². The van der Waals surface area contributed by atoms with Crippen LogP contribution in [0.25, 0.3) is 0 Å².